The summed E-state index contributed by atoms with van der Waals surface area (Å²) in [6.07, 6.45) is 0. The Labute approximate surface area is 188 Å². The maximum Gasteiger partial charge on any atom is 0.338 e. The Morgan fingerprint density at radius 1 is 1.20 bits per heavy atom. The Bertz CT molecular complexity index is 973. The number of carbonyl (C=O) groups excluding carboxylic acids is 1. The quantitative estimate of drug-likeness (QED) is 0.516. The minimum atomic E-state index is -0.379. The van der Waals surface area contributed by atoms with E-state index < -0.39 is 0 Å². The highest BCUT2D eigenvalue weighted by Gasteiger charge is 2.35. The molecular weight excluding hydrogens is 418 g/mol. The predicted octanol–water partition coefficient (Wildman–Crippen LogP) is 4.67. The SMILES string of the molecule is CCOC(=O)C1=C(C)N(Cc2ccccc2Cl)C(=S)N[C@@H]1c1ccc(N(C)C)cc1. The predicted molar refractivity (Wildman–Crippen MR) is 126 cm³/mol. The van der Waals surface area contributed by atoms with Crippen LogP contribution in [0.5, 0.6) is 0 Å². The lowest BCUT2D eigenvalue weighted by Crippen LogP contribution is -2.47. The van der Waals surface area contributed by atoms with Gasteiger partial charge >= 0.3 is 5.97 Å². The van der Waals surface area contributed by atoms with E-state index in [0.29, 0.717) is 28.9 Å². The Kier molecular flexibility index (Phi) is 7.00. The molecule has 1 aliphatic rings. The standard InChI is InChI=1S/C23H26ClN3O2S/c1-5-29-22(28)20-15(2)27(14-17-8-6-7-9-19(17)24)23(30)25-21(20)16-10-12-18(13-11-16)26(3)4/h6-13,21H,5,14H2,1-4H3,(H,25,30)/t21-/m1/s1. The number of allylic oxidation sites excluding steroid dienone is 1. The summed E-state index contributed by atoms with van der Waals surface area (Å²) in [6, 6.07) is 15.3. The van der Waals surface area contributed by atoms with Crippen LogP contribution in [0.25, 0.3) is 0 Å². The highest BCUT2D eigenvalue weighted by molar-refractivity contribution is 7.80. The first-order chi connectivity index (χ1) is 14.3. The zero-order valence-corrected chi connectivity index (χ0v) is 19.2. The number of esters is 1. The largest absolute Gasteiger partial charge is 0.463 e. The lowest BCUT2D eigenvalue weighted by Gasteiger charge is -2.37. The van der Waals surface area contributed by atoms with Crippen molar-refractivity contribution in [1.29, 1.82) is 0 Å². The van der Waals surface area contributed by atoms with Crippen molar-refractivity contribution in [3.8, 4) is 0 Å². The van der Waals surface area contributed by atoms with Crippen molar-refractivity contribution in [2.75, 3.05) is 25.6 Å². The zero-order chi connectivity index (χ0) is 21.8. The number of rotatable bonds is 6. The normalized spacial score (nSPS) is 16.4. The molecule has 1 aliphatic heterocycles. The molecule has 5 nitrogen and oxygen atoms in total. The molecule has 2 aromatic carbocycles. The van der Waals surface area contributed by atoms with Crippen LogP contribution in [0.1, 0.15) is 31.0 Å². The van der Waals surface area contributed by atoms with Crippen molar-refractivity contribution in [1.82, 2.24) is 10.2 Å². The number of carbonyl (C=O) groups is 1. The molecule has 7 heteroatoms. The van der Waals surface area contributed by atoms with Gasteiger partial charge in [0.2, 0.25) is 0 Å². The fourth-order valence-corrected chi connectivity index (χ4v) is 3.97. The first-order valence-electron chi connectivity index (χ1n) is 9.80. The number of benzene rings is 2. The molecule has 0 saturated heterocycles. The summed E-state index contributed by atoms with van der Waals surface area (Å²) in [5.41, 5.74) is 4.27. The molecule has 1 N–H and O–H groups in total. The van der Waals surface area contributed by atoms with Gasteiger partial charge in [0.15, 0.2) is 5.11 Å². The molecule has 3 rings (SSSR count). The van der Waals surface area contributed by atoms with Gasteiger partial charge in [0.1, 0.15) is 0 Å². The van der Waals surface area contributed by atoms with Gasteiger partial charge in [-0.2, -0.15) is 0 Å². The first kappa shape index (κ1) is 22.1. The van der Waals surface area contributed by atoms with Gasteiger partial charge in [-0.1, -0.05) is 41.9 Å². The summed E-state index contributed by atoms with van der Waals surface area (Å²) in [5, 5.41) is 4.54. The molecule has 0 amide bonds. The minimum absolute atomic E-state index is 0.302. The highest BCUT2D eigenvalue weighted by atomic mass is 35.5. The maximum atomic E-state index is 12.9. The van der Waals surface area contributed by atoms with Gasteiger partial charge in [-0.15, -0.1) is 0 Å². The lowest BCUT2D eigenvalue weighted by molar-refractivity contribution is -0.139. The van der Waals surface area contributed by atoms with Crippen molar-refractivity contribution in [2.24, 2.45) is 0 Å². The molecule has 0 unspecified atom stereocenters. The average Bonchev–Trinajstić information content (AvgIpc) is 2.72. The second-order valence-electron chi connectivity index (χ2n) is 7.27. The smallest absolute Gasteiger partial charge is 0.338 e. The number of nitrogens with zero attached hydrogens (tertiary/aromatic N) is 2. The summed E-state index contributed by atoms with van der Waals surface area (Å²) in [7, 11) is 3.98. The van der Waals surface area contributed by atoms with E-state index in [9.17, 15) is 4.79 Å². The van der Waals surface area contributed by atoms with E-state index in [1.807, 2.05) is 79.3 Å². The van der Waals surface area contributed by atoms with E-state index in [0.717, 1.165) is 22.5 Å². The molecule has 2 aromatic rings. The van der Waals surface area contributed by atoms with E-state index >= 15 is 0 Å². The third-order valence-electron chi connectivity index (χ3n) is 5.12. The molecule has 30 heavy (non-hydrogen) atoms. The van der Waals surface area contributed by atoms with Crippen molar-refractivity contribution in [2.45, 2.75) is 26.4 Å². The second kappa shape index (κ2) is 9.49. The third kappa shape index (κ3) is 4.60. The number of hydrogen-bond donors (Lipinski definition) is 1. The van der Waals surface area contributed by atoms with E-state index in [-0.39, 0.29) is 12.0 Å². The summed E-state index contributed by atoms with van der Waals surface area (Å²) < 4.78 is 5.38. The second-order valence-corrected chi connectivity index (χ2v) is 8.06. The molecular formula is C23H26ClN3O2S. The van der Waals surface area contributed by atoms with Crippen LogP contribution in [0.3, 0.4) is 0 Å². The van der Waals surface area contributed by atoms with E-state index in [1.165, 1.54) is 0 Å². The van der Waals surface area contributed by atoms with Crippen LogP contribution in [0.15, 0.2) is 59.8 Å². The van der Waals surface area contributed by atoms with Gasteiger partial charge in [-0.05, 0) is 55.4 Å². The van der Waals surface area contributed by atoms with E-state index in [4.69, 9.17) is 28.6 Å². The fraction of sp³-hybridized carbons (Fsp3) is 0.304. The van der Waals surface area contributed by atoms with Crippen LogP contribution in [-0.2, 0) is 16.1 Å². The van der Waals surface area contributed by atoms with Gasteiger partial charge in [-0.25, -0.2) is 4.79 Å². The fourth-order valence-electron chi connectivity index (χ4n) is 3.46. The van der Waals surface area contributed by atoms with Crippen molar-refractivity contribution in [3.05, 3.63) is 76.0 Å². The summed E-state index contributed by atoms with van der Waals surface area (Å²) >= 11 is 12.0. The molecule has 0 aromatic heterocycles. The molecule has 0 spiro atoms. The first-order valence-corrected chi connectivity index (χ1v) is 10.6. The van der Waals surface area contributed by atoms with E-state index in [2.05, 4.69) is 5.32 Å². The Hall–Kier alpha value is -2.57. The number of thiocarbonyl (C=S) groups is 1. The number of hydrogen-bond acceptors (Lipinski definition) is 4. The van der Waals surface area contributed by atoms with Crippen LogP contribution in [-0.4, -0.2) is 36.7 Å². The number of anilines is 1. The molecule has 0 bridgehead atoms. The van der Waals surface area contributed by atoms with Gasteiger partial charge in [-0.3, -0.25) is 0 Å². The average molecular weight is 444 g/mol. The van der Waals surface area contributed by atoms with Gasteiger partial charge in [0, 0.05) is 30.5 Å². The Morgan fingerprint density at radius 3 is 2.47 bits per heavy atom. The van der Waals surface area contributed by atoms with Crippen molar-refractivity contribution < 1.29 is 9.53 Å². The molecule has 0 saturated carbocycles. The Balaban J connectivity index is 2.02. The number of nitrogens with one attached hydrogen (secondary N) is 1. The Morgan fingerprint density at radius 2 is 1.87 bits per heavy atom. The number of ether oxygens (including phenoxy) is 1. The minimum Gasteiger partial charge on any atom is -0.463 e. The topological polar surface area (TPSA) is 44.8 Å². The highest BCUT2D eigenvalue weighted by Crippen LogP contribution is 2.33. The molecule has 158 valence electrons. The summed E-state index contributed by atoms with van der Waals surface area (Å²) in [6.45, 7) is 4.47. The van der Waals surface area contributed by atoms with Crippen molar-refractivity contribution in [3.63, 3.8) is 0 Å². The van der Waals surface area contributed by atoms with Crippen LogP contribution in [0.4, 0.5) is 5.69 Å². The summed E-state index contributed by atoms with van der Waals surface area (Å²) in [5.74, 6) is -0.351. The zero-order valence-electron chi connectivity index (χ0n) is 17.6. The number of halogens is 1. The molecule has 1 heterocycles. The van der Waals surface area contributed by atoms with Crippen LogP contribution in [0.2, 0.25) is 5.02 Å². The molecule has 0 radical (unpaired) electrons. The molecule has 1 atom stereocenters. The van der Waals surface area contributed by atoms with Crippen LogP contribution in [0, 0.1) is 0 Å². The summed E-state index contributed by atoms with van der Waals surface area (Å²) in [4.78, 5) is 16.8. The molecule has 0 fully saturated rings. The van der Waals surface area contributed by atoms with E-state index in [1.54, 1.807) is 6.92 Å². The lowest BCUT2D eigenvalue weighted by atomic mass is 9.94. The maximum absolute atomic E-state index is 12.9. The molecule has 0 aliphatic carbocycles. The van der Waals surface area contributed by atoms with Gasteiger partial charge in [0.25, 0.3) is 0 Å². The third-order valence-corrected chi connectivity index (χ3v) is 5.83. The van der Waals surface area contributed by atoms with Gasteiger partial charge in [0.05, 0.1) is 24.8 Å². The van der Waals surface area contributed by atoms with Crippen molar-refractivity contribution >= 4 is 40.6 Å². The van der Waals surface area contributed by atoms with Crippen LogP contribution < -0.4 is 10.2 Å². The van der Waals surface area contributed by atoms with Crippen LogP contribution >= 0.6 is 23.8 Å². The van der Waals surface area contributed by atoms with Gasteiger partial charge < -0.3 is 19.9 Å². The monoisotopic (exact) mass is 443 g/mol.